The molecule has 21 heavy (non-hydrogen) atoms. The minimum atomic E-state index is -0.572. The van der Waals surface area contributed by atoms with Crippen LogP contribution < -0.4 is 10.1 Å². The largest absolute Gasteiger partial charge is 0.508 e. The third kappa shape index (κ3) is 2.95. The number of hydrogen-bond acceptors (Lipinski definition) is 3. The summed E-state index contributed by atoms with van der Waals surface area (Å²) in [7, 11) is 0. The van der Waals surface area contributed by atoms with E-state index in [9.17, 15) is 9.90 Å². The standard InChI is InChI=1S/C17H13NO3/c19-13-8-10-14(11-9-13)21-17(20)18-16-7-3-5-12-4-1-2-6-15(12)16/h1-11,19H,(H,18,20). The van der Waals surface area contributed by atoms with Gasteiger partial charge in [0.2, 0.25) is 0 Å². The van der Waals surface area contributed by atoms with Gasteiger partial charge in [-0.25, -0.2) is 4.79 Å². The molecule has 104 valence electrons. The molecule has 0 aliphatic rings. The molecule has 4 nitrogen and oxygen atoms in total. The molecule has 0 radical (unpaired) electrons. The number of carbonyl (C=O) groups is 1. The monoisotopic (exact) mass is 279 g/mol. The minimum Gasteiger partial charge on any atom is -0.508 e. The molecule has 0 bridgehead atoms. The molecule has 0 saturated heterocycles. The highest BCUT2D eigenvalue weighted by Crippen LogP contribution is 2.23. The van der Waals surface area contributed by atoms with Gasteiger partial charge in [-0.3, -0.25) is 5.32 Å². The number of aromatic hydroxyl groups is 1. The second-order valence-corrected chi connectivity index (χ2v) is 4.54. The topological polar surface area (TPSA) is 58.6 Å². The Labute approximate surface area is 121 Å². The van der Waals surface area contributed by atoms with Gasteiger partial charge in [0.1, 0.15) is 11.5 Å². The van der Waals surface area contributed by atoms with Crippen molar-refractivity contribution in [3.63, 3.8) is 0 Å². The van der Waals surface area contributed by atoms with Crippen molar-refractivity contribution < 1.29 is 14.6 Å². The van der Waals surface area contributed by atoms with Crippen LogP contribution in [0.25, 0.3) is 10.8 Å². The highest BCUT2D eigenvalue weighted by molar-refractivity contribution is 6.00. The quantitative estimate of drug-likeness (QED) is 0.740. The molecule has 4 heteroatoms. The third-order valence-corrected chi connectivity index (χ3v) is 3.07. The lowest BCUT2D eigenvalue weighted by atomic mass is 10.1. The van der Waals surface area contributed by atoms with E-state index in [1.165, 1.54) is 24.3 Å². The van der Waals surface area contributed by atoms with Crippen molar-refractivity contribution in [1.82, 2.24) is 0 Å². The van der Waals surface area contributed by atoms with Gasteiger partial charge < -0.3 is 9.84 Å². The third-order valence-electron chi connectivity index (χ3n) is 3.07. The van der Waals surface area contributed by atoms with Gasteiger partial charge >= 0.3 is 6.09 Å². The fourth-order valence-corrected chi connectivity index (χ4v) is 2.09. The van der Waals surface area contributed by atoms with E-state index in [1.54, 1.807) is 0 Å². The van der Waals surface area contributed by atoms with Crippen molar-refractivity contribution in [2.24, 2.45) is 0 Å². The van der Waals surface area contributed by atoms with Gasteiger partial charge in [-0.1, -0.05) is 36.4 Å². The van der Waals surface area contributed by atoms with Crippen molar-refractivity contribution in [3.05, 3.63) is 66.7 Å². The van der Waals surface area contributed by atoms with Crippen LogP contribution in [0.3, 0.4) is 0 Å². The zero-order chi connectivity index (χ0) is 14.7. The first-order valence-corrected chi connectivity index (χ1v) is 6.48. The van der Waals surface area contributed by atoms with Crippen molar-refractivity contribution in [3.8, 4) is 11.5 Å². The molecule has 2 N–H and O–H groups in total. The van der Waals surface area contributed by atoms with Crippen molar-refractivity contribution in [2.75, 3.05) is 5.32 Å². The van der Waals surface area contributed by atoms with E-state index in [-0.39, 0.29) is 5.75 Å². The zero-order valence-corrected chi connectivity index (χ0v) is 11.1. The Kier molecular flexibility index (Phi) is 3.43. The van der Waals surface area contributed by atoms with Crippen LogP contribution in [0, 0.1) is 0 Å². The molecule has 0 atom stereocenters. The van der Waals surface area contributed by atoms with Crippen LogP contribution >= 0.6 is 0 Å². The van der Waals surface area contributed by atoms with E-state index >= 15 is 0 Å². The van der Waals surface area contributed by atoms with Gasteiger partial charge in [0.05, 0.1) is 5.69 Å². The fourth-order valence-electron chi connectivity index (χ4n) is 2.09. The molecule has 0 aliphatic carbocycles. The molecule has 0 saturated carbocycles. The average molecular weight is 279 g/mol. The van der Waals surface area contributed by atoms with E-state index in [4.69, 9.17) is 4.74 Å². The number of amides is 1. The average Bonchev–Trinajstić information content (AvgIpc) is 2.50. The van der Waals surface area contributed by atoms with E-state index in [2.05, 4.69) is 5.32 Å². The summed E-state index contributed by atoms with van der Waals surface area (Å²) in [6.45, 7) is 0. The number of anilines is 1. The molecule has 0 aromatic heterocycles. The lowest BCUT2D eigenvalue weighted by molar-refractivity contribution is 0.215. The number of hydrogen-bond donors (Lipinski definition) is 2. The molecule has 0 spiro atoms. The molecule has 1 amide bonds. The lowest BCUT2D eigenvalue weighted by Crippen LogP contribution is -2.16. The van der Waals surface area contributed by atoms with Gasteiger partial charge in [-0.05, 0) is 35.7 Å². The van der Waals surface area contributed by atoms with Crippen molar-refractivity contribution in [2.45, 2.75) is 0 Å². The molecular weight excluding hydrogens is 266 g/mol. The Balaban J connectivity index is 1.79. The van der Waals surface area contributed by atoms with Gasteiger partial charge in [0, 0.05) is 5.39 Å². The summed E-state index contributed by atoms with van der Waals surface area (Å²) in [6, 6.07) is 19.4. The van der Waals surface area contributed by atoms with Crippen LogP contribution in [0.5, 0.6) is 11.5 Å². The molecule has 3 rings (SSSR count). The molecular formula is C17H13NO3. The van der Waals surface area contributed by atoms with Crippen LogP contribution in [-0.2, 0) is 0 Å². The number of rotatable bonds is 2. The second-order valence-electron chi connectivity index (χ2n) is 4.54. The maximum absolute atomic E-state index is 11.9. The van der Waals surface area contributed by atoms with Crippen LogP contribution in [0.15, 0.2) is 66.7 Å². The van der Waals surface area contributed by atoms with E-state index < -0.39 is 6.09 Å². The summed E-state index contributed by atoms with van der Waals surface area (Å²) in [4.78, 5) is 11.9. The van der Waals surface area contributed by atoms with Crippen LogP contribution in [0.2, 0.25) is 0 Å². The normalized spacial score (nSPS) is 10.3. The van der Waals surface area contributed by atoms with Crippen LogP contribution in [0.4, 0.5) is 10.5 Å². The summed E-state index contributed by atoms with van der Waals surface area (Å²) in [5.74, 6) is 0.488. The van der Waals surface area contributed by atoms with E-state index in [0.717, 1.165) is 10.8 Å². The van der Waals surface area contributed by atoms with E-state index in [0.29, 0.717) is 11.4 Å². The number of phenols is 1. The van der Waals surface area contributed by atoms with Crippen LogP contribution in [0.1, 0.15) is 0 Å². The first-order valence-electron chi connectivity index (χ1n) is 6.48. The summed E-state index contributed by atoms with van der Waals surface area (Å²) in [5.41, 5.74) is 0.692. The maximum atomic E-state index is 11.9. The summed E-state index contributed by atoms with van der Waals surface area (Å²) in [5, 5.41) is 13.9. The first-order chi connectivity index (χ1) is 10.2. The smallest absolute Gasteiger partial charge is 0.417 e. The molecule has 0 unspecified atom stereocenters. The Morgan fingerprint density at radius 3 is 2.43 bits per heavy atom. The predicted molar refractivity (Wildman–Crippen MR) is 81.7 cm³/mol. The molecule has 0 heterocycles. The Morgan fingerprint density at radius 1 is 0.905 bits per heavy atom. The van der Waals surface area contributed by atoms with Crippen molar-refractivity contribution in [1.29, 1.82) is 0 Å². The summed E-state index contributed by atoms with van der Waals surface area (Å²) < 4.78 is 5.16. The van der Waals surface area contributed by atoms with Gasteiger partial charge in [-0.15, -0.1) is 0 Å². The van der Waals surface area contributed by atoms with Gasteiger partial charge in [-0.2, -0.15) is 0 Å². The molecule has 3 aromatic rings. The van der Waals surface area contributed by atoms with Gasteiger partial charge in [0.15, 0.2) is 0 Å². The second kappa shape index (κ2) is 5.54. The van der Waals surface area contributed by atoms with Crippen molar-refractivity contribution >= 4 is 22.6 Å². The summed E-state index contributed by atoms with van der Waals surface area (Å²) in [6.07, 6.45) is -0.572. The Bertz CT molecular complexity index is 776. The Hall–Kier alpha value is -3.01. The fraction of sp³-hybridized carbons (Fsp3) is 0. The Morgan fingerprint density at radius 2 is 1.62 bits per heavy atom. The number of ether oxygens (including phenoxy) is 1. The maximum Gasteiger partial charge on any atom is 0.417 e. The number of nitrogens with one attached hydrogen (secondary N) is 1. The number of fused-ring (bicyclic) bond motifs is 1. The summed E-state index contributed by atoms with van der Waals surface area (Å²) >= 11 is 0. The molecule has 0 fully saturated rings. The first kappa shape index (κ1) is 13.0. The number of benzene rings is 3. The number of carbonyl (C=O) groups excluding carboxylic acids is 1. The predicted octanol–water partition coefficient (Wildman–Crippen LogP) is 4.16. The van der Waals surface area contributed by atoms with Crippen LogP contribution in [-0.4, -0.2) is 11.2 Å². The highest BCUT2D eigenvalue weighted by atomic mass is 16.6. The molecule has 0 aliphatic heterocycles. The van der Waals surface area contributed by atoms with E-state index in [1.807, 2.05) is 42.5 Å². The zero-order valence-electron chi connectivity index (χ0n) is 11.1. The lowest BCUT2D eigenvalue weighted by Gasteiger charge is -2.09. The molecule has 3 aromatic carbocycles. The minimum absolute atomic E-state index is 0.122. The van der Waals surface area contributed by atoms with Gasteiger partial charge in [0.25, 0.3) is 0 Å². The number of phenolic OH excluding ortho intramolecular Hbond substituents is 1. The SMILES string of the molecule is O=C(Nc1cccc2ccccc12)Oc1ccc(O)cc1. The highest BCUT2D eigenvalue weighted by Gasteiger charge is 2.07.